The van der Waals surface area contributed by atoms with Gasteiger partial charge in [-0.1, -0.05) is 0 Å². The molecule has 0 saturated heterocycles. The van der Waals surface area contributed by atoms with Crippen LogP contribution in [-0.2, 0) is 0 Å². The van der Waals surface area contributed by atoms with Gasteiger partial charge in [-0.2, -0.15) is 0 Å². The van der Waals surface area contributed by atoms with Gasteiger partial charge in [0.15, 0.2) is 0 Å². The summed E-state index contributed by atoms with van der Waals surface area (Å²) in [5.74, 6) is -0.221. The maximum absolute atomic E-state index is 12.0. The lowest BCUT2D eigenvalue weighted by atomic mass is 9.92. The minimum absolute atomic E-state index is 0. The number of hydrogen-bond donors (Lipinski definition) is 2. The maximum Gasteiger partial charge on any atom is 0.283 e. The molecule has 0 unspecified atom stereocenters. The number of nitrogens with zero attached hydrogens (tertiary/aromatic N) is 1. The summed E-state index contributed by atoms with van der Waals surface area (Å²) in [6.07, 6.45) is 3.57. The van der Waals surface area contributed by atoms with Crippen LogP contribution in [0, 0.1) is 17.0 Å². The zero-order valence-corrected chi connectivity index (χ0v) is 12.8. The number of nitrogens with one attached hydrogen (secondary N) is 1. The molecule has 0 aromatic carbocycles. The molecule has 1 heterocycles. The van der Waals surface area contributed by atoms with E-state index in [0.29, 0.717) is 9.75 Å². The van der Waals surface area contributed by atoms with Gasteiger partial charge in [0.25, 0.3) is 11.6 Å². The van der Waals surface area contributed by atoms with Crippen molar-refractivity contribution in [2.75, 3.05) is 0 Å². The summed E-state index contributed by atoms with van der Waals surface area (Å²) in [7, 11) is 0. The number of aryl methyl sites for hydroxylation is 1. The molecule has 2 rings (SSSR count). The topological polar surface area (TPSA) is 98.3 Å². The van der Waals surface area contributed by atoms with Gasteiger partial charge >= 0.3 is 0 Å². The fourth-order valence-corrected chi connectivity index (χ4v) is 3.18. The van der Waals surface area contributed by atoms with Crippen LogP contribution in [-0.4, -0.2) is 22.9 Å². The van der Waals surface area contributed by atoms with Gasteiger partial charge < -0.3 is 11.1 Å². The molecule has 20 heavy (non-hydrogen) atoms. The first kappa shape index (κ1) is 16.9. The van der Waals surface area contributed by atoms with Crippen LogP contribution >= 0.6 is 23.7 Å². The first-order chi connectivity index (χ1) is 8.97. The average molecular weight is 320 g/mol. The highest BCUT2D eigenvalue weighted by Gasteiger charge is 2.23. The molecule has 0 atom stereocenters. The monoisotopic (exact) mass is 319 g/mol. The molecule has 1 aliphatic rings. The quantitative estimate of drug-likeness (QED) is 0.660. The van der Waals surface area contributed by atoms with E-state index in [2.05, 4.69) is 5.32 Å². The number of carbonyl (C=O) groups is 1. The normalized spacial score (nSPS) is 21.9. The first-order valence-corrected chi connectivity index (χ1v) is 7.10. The van der Waals surface area contributed by atoms with Crippen LogP contribution in [0.4, 0.5) is 5.69 Å². The van der Waals surface area contributed by atoms with Crippen molar-refractivity contribution >= 4 is 35.3 Å². The highest BCUT2D eigenvalue weighted by atomic mass is 35.5. The van der Waals surface area contributed by atoms with E-state index in [1.54, 1.807) is 6.92 Å². The third-order valence-corrected chi connectivity index (χ3v) is 4.46. The number of halogens is 1. The van der Waals surface area contributed by atoms with Gasteiger partial charge in [0.1, 0.15) is 0 Å². The number of carbonyl (C=O) groups excluding carboxylic acids is 1. The predicted molar refractivity (Wildman–Crippen MR) is 80.7 cm³/mol. The van der Waals surface area contributed by atoms with Gasteiger partial charge in [-0.15, -0.1) is 23.7 Å². The lowest BCUT2D eigenvalue weighted by Gasteiger charge is -2.26. The Morgan fingerprint density at radius 3 is 2.55 bits per heavy atom. The predicted octanol–water partition coefficient (Wildman–Crippen LogP) is 2.39. The molecule has 1 aromatic heterocycles. The Bertz CT molecular complexity index is 498. The van der Waals surface area contributed by atoms with E-state index in [1.807, 2.05) is 0 Å². The second-order valence-corrected chi connectivity index (χ2v) is 6.15. The van der Waals surface area contributed by atoms with Crippen LogP contribution < -0.4 is 11.1 Å². The van der Waals surface area contributed by atoms with Gasteiger partial charge in [0.2, 0.25) is 0 Å². The zero-order valence-electron chi connectivity index (χ0n) is 11.1. The van der Waals surface area contributed by atoms with E-state index >= 15 is 0 Å². The molecule has 0 radical (unpaired) electrons. The summed E-state index contributed by atoms with van der Waals surface area (Å²) in [6.45, 7) is 1.65. The minimum Gasteiger partial charge on any atom is -0.349 e. The van der Waals surface area contributed by atoms with Crippen LogP contribution in [0.3, 0.4) is 0 Å². The SMILES string of the molecule is Cc1sc(C(=O)NC2CCC(N)CC2)cc1[N+](=O)[O-].Cl. The Kier molecular flexibility index (Phi) is 5.91. The molecular formula is C12H18ClN3O3S. The Balaban J connectivity index is 0.00000200. The Morgan fingerprint density at radius 1 is 1.45 bits per heavy atom. The van der Waals surface area contributed by atoms with Crippen molar-refractivity contribution in [3.63, 3.8) is 0 Å². The van der Waals surface area contributed by atoms with Crippen molar-refractivity contribution in [1.29, 1.82) is 0 Å². The number of amides is 1. The van der Waals surface area contributed by atoms with Crippen molar-refractivity contribution in [2.45, 2.75) is 44.7 Å². The fourth-order valence-electron chi connectivity index (χ4n) is 2.29. The van der Waals surface area contributed by atoms with E-state index in [4.69, 9.17) is 5.73 Å². The lowest BCUT2D eigenvalue weighted by molar-refractivity contribution is -0.385. The Hall–Kier alpha value is -1.18. The molecule has 1 fully saturated rings. The summed E-state index contributed by atoms with van der Waals surface area (Å²) >= 11 is 1.16. The van der Waals surface area contributed by atoms with E-state index in [0.717, 1.165) is 37.0 Å². The number of hydrogen-bond acceptors (Lipinski definition) is 5. The molecule has 0 bridgehead atoms. The summed E-state index contributed by atoms with van der Waals surface area (Å²) in [5, 5.41) is 13.7. The third kappa shape index (κ3) is 3.91. The number of nitrogens with two attached hydrogens (primary N) is 1. The number of thiophene rings is 1. The Morgan fingerprint density at radius 2 is 2.05 bits per heavy atom. The van der Waals surface area contributed by atoms with E-state index in [9.17, 15) is 14.9 Å². The van der Waals surface area contributed by atoms with Gasteiger partial charge in [0, 0.05) is 18.2 Å². The molecule has 3 N–H and O–H groups in total. The standard InChI is InChI=1S/C12H17N3O3S.ClH/c1-7-10(15(17)18)6-11(19-7)12(16)14-9-4-2-8(13)3-5-9;/h6,8-9H,2-5,13H2,1H3,(H,14,16);1H. The molecule has 0 aliphatic heterocycles. The highest BCUT2D eigenvalue weighted by Crippen LogP contribution is 2.28. The highest BCUT2D eigenvalue weighted by molar-refractivity contribution is 7.14. The van der Waals surface area contributed by atoms with Crippen LogP contribution in [0.2, 0.25) is 0 Å². The van der Waals surface area contributed by atoms with E-state index < -0.39 is 4.92 Å². The molecule has 0 spiro atoms. The average Bonchev–Trinajstić information content (AvgIpc) is 2.74. The molecule has 8 heteroatoms. The summed E-state index contributed by atoms with van der Waals surface area (Å²) < 4.78 is 0. The molecule has 1 amide bonds. The molecule has 1 aliphatic carbocycles. The number of rotatable bonds is 3. The summed E-state index contributed by atoms with van der Waals surface area (Å²) in [6, 6.07) is 1.72. The van der Waals surface area contributed by atoms with Crippen LogP contribution in [0.5, 0.6) is 0 Å². The largest absolute Gasteiger partial charge is 0.349 e. The van der Waals surface area contributed by atoms with Crippen LogP contribution in [0.25, 0.3) is 0 Å². The van der Waals surface area contributed by atoms with Crippen LogP contribution in [0.15, 0.2) is 6.07 Å². The minimum atomic E-state index is -0.456. The molecular weight excluding hydrogens is 302 g/mol. The van der Waals surface area contributed by atoms with Gasteiger partial charge in [-0.25, -0.2) is 0 Å². The molecule has 6 nitrogen and oxygen atoms in total. The smallest absolute Gasteiger partial charge is 0.283 e. The van der Waals surface area contributed by atoms with Crippen molar-refractivity contribution in [2.24, 2.45) is 5.73 Å². The van der Waals surface area contributed by atoms with E-state index in [-0.39, 0.29) is 36.1 Å². The summed E-state index contributed by atoms with van der Waals surface area (Å²) in [4.78, 5) is 23.3. The first-order valence-electron chi connectivity index (χ1n) is 6.28. The van der Waals surface area contributed by atoms with Gasteiger partial charge in [-0.05, 0) is 32.6 Å². The third-order valence-electron chi connectivity index (χ3n) is 3.42. The second-order valence-electron chi connectivity index (χ2n) is 4.89. The van der Waals surface area contributed by atoms with Crippen molar-refractivity contribution in [3.05, 3.63) is 25.9 Å². The maximum atomic E-state index is 12.0. The van der Waals surface area contributed by atoms with Crippen molar-refractivity contribution in [3.8, 4) is 0 Å². The van der Waals surface area contributed by atoms with Crippen LogP contribution in [0.1, 0.15) is 40.2 Å². The number of nitro groups is 1. The van der Waals surface area contributed by atoms with E-state index in [1.165, 1.54) is 6.07 Å². The fraction of sp³-hybridized carbons (Fsp3) is 0.583. The van der Waals surface area contributed by atoms with Crippen molar-refractivity contribution < 1.29 is 9.72 Å². The summed E-state index contributed by atoms with van der Waals surface area (Å²) in [5.41, 5.74) is 5.82. The molecule has 1 saturated carbocycles. The van der Waals surface area contributed by atoms with Gasteiger partial charge in [0.05, 0.1) is 14.7 Å². The van der Waals surface area contributed by atoms with Gasteiger partial charge in [-0.3, -0.25) is 14.9 Å². The zero-order chi connectivity index (χ0) is 14.0. The molecule has 112 valence electrons. The lowest BCUT2D eigenvalue weighted by Crippen LogP contribution is -2.40. The Labute approximate surface area is 127 Å². The van der Waals surface area contributed by atoms with Crippen molar-refractivity contribution in [1.82, 2.24) is 5.32 Å². The second kappa shape index (κ2) is 7.01. The molecule has 1 aromatic rings.